The maximum atomic E-state index is 10.5. The van der Waals surface area contributed by atoms with Gasteiger partial charge in [0.2, 0.25) is 0 Å². The lowest BCUT2D eigenvalue weighted by Gasteiger charge is -2.19. The molecule has 2 rings (SSSR count). The largest absolute Gasteiger partial charge is 0.359 e. The van der Waals surface area contributed by atoms with Gasteiger partial charge in [-0.25, -0.2) is 0 Å². The van der Waals surface area contributed by atoms with E-state index in [9.17, 15) is 8.42 Å². The Balaban J connectivity index is 0.000000220. The fraction of sp³-hybridized carbons (Fsp3) is 0.500. The monoisotopic (exact) mass is 326 g/mol. The highest BCUT2D eigenvalue weighted by Crippen LogP contribution is 2.08. The number of rotatable bonds is 5. The summed E-state index contributed by atoms with van der Waals surface area (Å²) in [6, 6.07) is 5.99. The van der Waals surface area contributed by atoms with Crippen LogP contribution < -0.4 is 0 Å². The zero-order valence-electron chi connectivity index (χ0n) is 13.6. The molecule has 0 aliphatic carbocycles. The van der Waals surface area contributed by atoms with E-state index in [1.54, 1.807) is 12.1 Å². The van der Waals surface area contributed by atoms with Crippen molar-refractivity contribution < 1.29 is 13.0 Å². The summed E-state index contributed by atoms with van der Waals surface area (Å²) in [4.78, 5) is 4.62. The molecule has 0 radical (unpaired) electrons. The Hall–Kier alpha value is -1.53. The quantitative estimate of drug-likeness (QED) is 0.843. The smallest absolute Gasteiger partial charge is 0.294 e. The van der Waals surface area contributed by atoms with E-state index in [1.807, 2.05) is 6.92 Å². The molecule has 22 heavy (non-hydrogen) atoms. The van der Waals surface area contributed by atoms with Gasteiger partial charge in [-0.3, -0.25) is 4.55 Å². The van der Waals surface area contributed by atoms with Crippen LogP contribution in [0.2, 0.25) is 0 Å². The minimum atomic E-state index is -4.02. The summed E-state index contributed by atoms with van der Waals surface area (Å²) in [7, 11) is -4.02. The molecule has 1 aromatic carbocycles. The van der Waals surface area contributed by atoms with E-state index >= 15 is 0 Å². The van der Waals surface area contributed by atoms with Gasteiger partial charge in [-0.2, -0.15) is 8.42 Å². The maximum Gasteiger partial charge on any atom is 0.294 e. The molecule has 0 atom stereocenters. The molecule has 0 fully saturated rings. The van der Waals surface area contributed by atoms with Gasteiger partial charge in [0.15, 0.2) is 0 Å². The van der Waals surface area contributed by atoms with Gasteiger partial charge in [-0.15, -0.1) is 0 Å². The van der Waals surface area contributed by atoms with Crippen LogP contribution in [0, 0.1) is 6.92 Å². The molecule has 0 saturated heterocycles. The fourth-order valence-electron chi connectivity index (χ4n) is 1.94. The van der Waals surface area contributed by atoms with E-state index in [4.69, 9.17) is 4.55 Å². The lowest BCUT2D eigenvalue weighted by atomic mass is 10.2. The van der Waals surface area contributed by atoms with Gasteiger partial charge < -0.3 is 9.80 Å². The van der Waals surface area contributed by atoms with Gasteiger partial charge in [0.25, 0.3) is 10.1 Å². The molecule has 0 spiro atoms. The van der Waals surface area contributed by atoms with Crippen LogP contribution in [0.3, 0.4) is 0 Å². The molecule has 0 saturated carbocycles. The van der Waals surface area contributed by atoms with Crippen molar-refractivity contribution in [3.63, 3.8) is 0 Å². The van der Waals surface area contributed by atoms with Crippen molar-refractivity contribution in [2.45, 2.75) is 38.5 Å². The van der Waals surface area contributed by atoms with Crippen LogP contribution in [0.15, 0.2) is 41.6 Å². The van der Waals surface area contributed by atoms with Gasteiger partial charge in [-0.1, -0.05) is 31.0 Å². The second kappa shape index (κ2) is 8.80. The molecule has 124 valence electrons. The molecule has 0 amide bonds. The van der Waals surface area contributed by atoms with E-state index in [2.05, 4.69) is 36.0 Å². The van der Waals surface area contributed by atoms with Crippen molar-refractivity contribution >= 4 is 10.1 Å². The molecule has 1 aromatic rings. The second-order valence-electron chi connectivity index (χ2n) is 5.30. The Morgan fingerprint density at radius 1 is 1.09 bits per heavy atom. The van der Waals surface area contributed by atoms with Crippen molar-refractivity contribution in [2.24, 2.45) is 0 Å². The third-order valence-corrected chi connectivity index (χ3v) is 4.24. The summed E-state index contributed by atoms with van der Waals surface area (Å²) < 4.78 is 29.6. The zero-order valence-corrected chi connectivity index (χ0v) is 14.4. The van der Waals surface area contributed by atoms with Crippen LogP contribution in [-0.2, 0) is 10.1 Å². The predicted octanol–water partition coefficient (Wildman–Crippen LogP) is 3.09. The summed E-state index contributed by atoms with van der Waals surface area (Å²) in [6.45, 7) is 9.69. The topological polar surface area (TPSA) is 60.9 Å². The molecule has 0 aromatic heterocycles. The van der Waals surface area contributed by atoms with Crippen molar-refractivity contribution in [1.82, 2.24) is 9.80 Å². The first-order chi connectivity index (χ1) is 10.4. The second-order valence-corrected chi connectivity index (χ2v) is 6.72. The molecule has 1 aliphatic heterocycles. The third-order valence-electron chi connectivity index (χ3n) is 3.38. The van der Waals surface area contributed by atoms with Gasteiger partial charge in [0.05, 0.1) is 11.6 Å². The minimum absolute atomic E-state index is 0.0666. The van der Waals surface area contributed by atoms with Crippen molar-refractivity contribution in [1.29, 1.82) is 0 Å². The van der Waals surface area contributed by atoms with Crippen LogP contribution in [0.1, 0.15) is 32.3 Å². The highest BCUT2D eigenvalue weighted by Gasteiger charge is 2.08. The average molecular weight is 326 g/mol. The number of hydrogen-bond donors (Lipinski definition) is 1. The van der Waals surface area contributed by atoms with Crippen LogP contribution in [0.4, 0.5) is 0 Å². The van der Waals surface area contributed by atoms with E-state index in [-0.39, 0.29) is 4.90 Å². The summed E-state index contributed by atoms with van der Waals surface area (Å²) in [5.41, 5.74) is 0.956. The molecule has 1 aliphatic rings. The molecule has 0 bridgehead atoms. The first-order valence-corrected chi connectivity index (χ1v) is 9.01. The van der Waals surface area contributed by atoms with Gasteiger partial charge >= 0.3 is 0 Å². The Kier molecular flexibility index (Phi) is 7.41. The SMILES string of the molecule is CCCCN1C=CN(CC)C1.Cc1ccc(S(=O)(=O)O)cc1. The van der Waals surface area contributed by atoms with E-state index in [1.165, 1.54) is 31.5 Å². The first kappa shape index (κ1) is 18.5. The van der Waals surface area contributed by atoms with Crippen molar-refractivity contribution in [3.8, 4) is 0 Å². The fourth-order valence-corrected chi connectivity index (χ4v) is 2.42. The van der Waals surface area contributed by atoms with Gasteiger partial charge in [-0.05, 0) is 32.4 Å². The molecule has 1 N–H and O–H groups in total. The first-order valence-electron chi connectivity index (χ1n) is 7.57. The zero-order chi connectivity index (χ0) is 16.6. The lowest BCUT2D eigenvalue weighted by molar-refractivity contribution is 0.270. The summed E-state index contributed by atoms with van der Waals surface area (Å²) >= 11 is 0. The number of unbranched alkanes of at least 4 members (excludes halogenated alkanes) is 1. The van der Waals surface area contributed by atoms with Crippen LogP contribution in [-0.4, -0.2) is 42.5 Å². The Morgan fingerprint density at radius 2 is 1.68 bits per heavy atom. The summed E-state index contributed by atoms with van der Waals surface area (Å²) in [5, 5.41) is 0. The number of nitrogens with zero attached hydrogens (tertiary/aromatic N) is 2. The highest BCUT2D eigenvalue weighted by atomic mass is 32.2. The summed E-state index contributed by atoms with van der Waals surface area (Å²) in [5.74, 6) is 0. The summed E-state index contributed by atoms with van der Waals surface area (Å²) in [6.07, 6.45) is 6.97. The number of benzene rings is 1. The minimum Gasteiger partial charge on any atom is -0.359 e. The third kappa shape index (κ3) is 6.49. The number of aryl methyl sites for hydroxylation is 1. The Labute approximate surface area is 134 Å². The molecule has 6 heteroatoms. The number of hydrogen-bond acceptors (Lipinski definition) is 4. The average Bonchev–Trinajstić information content (AvgIpc) is 2.93. The Morgan fingerprint density at radius 3 is 2.14 bits per heavy atom. The van der Waals surface area contributed by atoms with Gasteiger partial charge in [0.1, 0.15) is 0 Å². The lowest BCUT2D eigenvalue weighted by Crippen LogP contribution is -2.25. The van der Waals surface area contributed by atoms with Crippen molar-refractivity contribution in [2.75, 3.05) is 19.8 Å². The van der Waals surface area contributed by atoms with Crippen LogP contribution in [0.25, 0.3) is 0 Å². The van der Waals surface area contributed by atoms with E-state index < -0.39 is 10.1 Å². The van der Waals surface area contributed by atoms with E-state index in [0.717, 1.165) is 18.8 Å². The highest BCUT2D eigenvalue weighted by molar-refractivity contribution is 7.85. The van der Waals surface area contributed by atoms with Crippen molar-refractivity contribution in [3.05, 3.63) is 42.2 Å². The standard InChI is InChI=1S/C9H18N2.C7H8O3S/c1-3-5-6-11-8-7-10(4-2)9-11;1-6-2-4-7(5-3-6)11(8,9)10/h7-8H,3-6,9H2,1-2H3;2-5H,1H3,(H,8,9,10). The predicted molar refractivity (Wildman–Crippen MR) is 89.0 cm³/mol. The molecular weight excluding hydrogens is 300 g/mol. The van der Waals surface area contributed by atoms with Crippen LogP contribution >= 0.6 is 0 Å². The normalized spacial score (nSPS) is 14.0. The van der Waals surface area contributed by atoms with Gasteiger partial charge in [0, 0.05) is 25.5 Å². The molecule has 1 heterocycles. The molecule has 0 unspecified atom stereocenters. The molecular formula is C16H26N2O3S. The Bertz CT molecular complexity index is 568. The molecule has 5 nitrogen and oxygen atoms in total. The maximum absolute atomic E-state index is 10.5. The van der Waals surface area contributed by atoms with E-state index in [0.29, 0.717) is 0 Å². The van der Waals surface area contributed by atoms with Crippen LogP contribution in [0.5, 0.6) is 0 Å².